The fraction of sp³-hybridized carbons (Fsp3) is 0.818. The van der Waals surface area contributed by atoms with E-state index in [1.165, 1.54) is 16.7 Å². The molecule has 0 amide bonds. The molecule has 238 valence electrons. The van der Waals surface area contributed by atoms with Crippen molar-refractivity contribution in [1.82, 2.24) is 20.3 Å². The molecule has 2 aliphatic heterocycles. The van der Waals surface area contributed by atoms with Gasteiger partial charge in [-0.3, -0.25) is 15.5 Å². The molecule has 1 aromatic carbocycles. The summed E-state index contributed by atoms with van der Waals surface area (Å²) in [6.07, 6.45) is 8.02. The number of aryl methyl sites for hydroxylation is 2. The number of benzene rings is 1. The monoisotopic (exact) mass is 604 g/mol. The standard InChI is InChI=1S/C33H56N4O4S/c1-22-8-6-9-23(2)31(22)29-17-30-35-32(34-29)36-42(39,40)28-11-7-10-25(16-28)20-37(19-24-12-14-27(38)15-13-24)26(21-41-30)18-33(3,4)5/h6,8-9,24-30,32,34-36,38H,7,10-21H2,1-5H3/t24?,25?,26-,27?,28?,29?,30?,32?/m1/s1. The number of hydrogen-bond donors (Lipinski definition) is 4. The first-order valence-corrected chi connectivity index (χ1v) is 18.0. The molecular formula is C33H56N4O4S. The molecule has 4 fully saturated rings. The van der Waals surface area contributed by atoms with E-state index in [1.54, 1.807) is 0 Å². The van der Waals surface area contributed by atoms with Gasteiger partial charge in [0.05, 0.1) is 18.0 Å². The number of rotatable bonds is 4. The summed E-state index contributed by atoms with van der Waals surface area (Å²) in [7, 11) is -3.54. The molecule has 6 atom stereocenters. The number of nitrogens with one attached hydrogen (secondary N) is 3. The molecule has 2 aliphatic carbocycles. The third kappa shape index (κ3) is 8.34. The van der Waals surface area contributed by atoms with Crippen LogP contribution >= 0.6 is 0 Å². The number of sulfonamides is 1. The van der Waals surface area contributed by atoms with Crippen molar-refractivity contribution >= 4 is 10.0 Å². The van der Waals surface area contributed by atoms with E-state index in [2.05, 4.69) is 73.1 Å². The Bertz CT molecular complexity index is 1130. The highest BCUT2D eigenvalue weighted by molar-refractivity contribution is 7.90. The van der Waals surface area contributed by atoms with Crippen LogP contribution in [0.5, 0.6) is 0 Å². The van der Waals surface area contributed by atoms with E-state index in [-0.39, 0.29) is 35.1 Å². The Labute approximate surface area is 254 Å². The molecule has 1 aromatic rings. The van der Waals surface area contributed by atoms with Crippen LogP contribution in [0.15, 0.2) is 18.2 Å². The Balaban J connectivity index is 1.46. The summed E-state index contributed by atoms with van der Waals surface area (Å²) in [6.45, 7) is 13.7. The minimum absolute atomic E-state index is 0.0276. The molecule has 9 heteroatoms. The predicted molar refractivity (Wildman–Crippen MR) is 168 cm³/mol. The molecule has 42 heavy (non-hydrogen) atoms. The minimum atomic E-state index is -3.54. The van der Waals surface area contributed by atoms with Gasteiger partial charge in [-0.1, -0.05) is 45.4 Å². The molecule has 0 spiro atoms. The van der Waals surface area contributed by atoms with E-state index in [9.17, 15) is 13.5 Å². The second-order valence-corrected chi connectivity index (χ2v) is 17.0. The van der Waals surface area contributed by atoms with Gasteiger partial charge in [0.2, 0.25) is 10.0 Å². The summed E-state index contributed by atoms with van der Waals surface area (Å²) < 4.78 is 37.4. The lowest BCUT2D eigenvalue weighted by atomic mass is 9.83. The molecule has 4 bridgehead atoms. The van der Waals surface area contributed by atoms with Crippen molar-refractivity contribution in [2.45, 2.75) is 135 Å². The third-order valence-electron chi connectivity index (χ3n) is 10.2. The van der Waals surface area contributed by atoms with Gasteiger partial charge in [-0.05, 0) is 99.2 Å². The van der Waals surface area contributed by atoms with E-state index in [1.807, 2.05) is 0 Å². The molecule has 2 saturated carbocycles. The first kappa shape index (κ1) is 32.3. The first-order chi connectivity index (χ1) is 19.9. The predicted octanol–water partition coefficient (Wildman–Crippen LogP) is 4.70. The average Bonchev–Trinajstić information content (AvgIpc) is 2.91. The van der Waals surface area contributed by atoms with Crippen LogP contribution in [-0.2, 0) is 14.8 Å². The molecule has 5 unspecified atom stereocenters. The van der Waals surface area contributed by atoms with E-state index in [4.69, 9.17) is 4.74 Å². The van der Waals surface area contributed by atoms with E-state index >= 15 is 0 Å². The summed E-state index contributed by atoms with van der Waals surface area (Å²) in [6, 6.07) is 6.56. The number of ether oxygens (including phenoxy) is 1. The van der Waals surface area contributed by atoms with Gasteiger partial charge < -0.3 is 9.84 Å². The molecular weight excluding hydrogens is 548 g/mol. The highest BCUT2D eigenvalue weighted by Gasteiger charge is 2.40. The summed E-state index contributed by atoms with van der Waals surface area (Å²) in [4.78, 5) is 2.67. The Morgan fingerprint density at radius 2 is 1.71 bits per heavy atom. The van der Waals surface area contributed by atoms with Gasteiger partial charge >= 0.3 is 0 Å². The van der Waals surface area contributed by atoms with Crippen LogP contribution in [0.1, 0.15) is 108 Å². The van der Waals surface area contributed by atoms with Gasteiger partial charge in [-0.2, -0.15) is 4.72 Å². The second kappa shape index (κ2) is 13.5. The largest absolute Gasteiger partial charge is 0.393 e. The second-order valence-electron chi connectivity index (χ2n) is 15.0. The van der Waals surface area contributed by atoms with Gasteiger partial charge in [0.1, 0.15) is 12.5 Å². The summed E-state index contributed by atoms with van der Waals surface area (Å²) in [5.41, 5.74) is 3.77. The number of fused-ring (bicyclic) bond motifs is 4. The van der Waals surface area contributed by atoms with Crippen molar-refractivity contribution in [2.75, 3.05) is 19.7 Å². The number of aliphatic hydroxyl groups excluding tert-OH is 1. The SMILES string of the molecule is Cc1cccc(C)c1C1CC2NC(N1)NS(=O)(=O)C1CCCC(C1)CN(CC1CCC(O)CC1)[C@H](CC(C)(C)C)CO2. The van der Waals surface area contributed by atoms with Crippen molar-refractivity contribution in [1.29, 1.82) is 0 Å². The zero-order valence-electron chi connectivity index (χ0n) is 26.6. The lowest BCUT2D eigenvalue weighted by molar-refractivity contribution is -0.0536. The molecule has 2 heterocycles. The topological polar surface area (TPSA) is 103 Å². The van der Waals surface area contributed by atoms with Crippen molar-refractivity contribution in [3.63, 3.8) is 0 Å². The van der Waals surface area contributed by atoms with Crippen LogP contribution in [0.4, 0.5) is 0 Å². The Hall–Kier alpha value is -1.07. The van der Waals surface area contributed by atoms with Crippen LogP contribution in [0.25, 0.3) is 0 Å². The molecule has 4 N–H and O–H groups in total. The van der Waals surface area contributed by atoms with Gasteiger partial charge in [0, 0.05) is 31.6 Å². The number of nitrogens with zero attached hydrogens (tertiary/aromatic N) is 1. The van der Waals surface area contributed by atoms with Crippen LogP contribution in [0.3, 0.4) is 0 Å². The van der Waals surface area contributed by atoms with Gasteiger partial charge in [-0.15, -0.1) is 0 Å². The van der Waals surface area contributed by atoms with Crippen molar-refractivity contribution in [3.8, 4) is 0 Å². The van der Waals surface area contributed by atoms with Gasteiger partial charge in [0.25, 0.3) is 0 Å². The maximum Gasteiger partial charge on any atom is 0.216 e. The highest BCUT2D eigenvalue weighted by Crippen LogP contribution is 2.35. The third-order valence-corrected chi connectivity index (χ3v) is 12.0. The maximum absolute atomic E-state index is 13.8. The number of hydrogen-bond acceptors (Lipinski definition) is 7. The Kier molecular flexibility index (Phi) is 10.4. The minimum Gasteiger partial charge on any atom is -0.393 e. The van der Waals surface area contributed by atoms with E-state index in [0.717, 1.165) is 64.5 Å². The lowest BCUT2D eigenvalue weighted by Gasteiger charge is -2.42. The summed E-state index contributed by atoms with van der Waals surface area (Å²) in [5.74, 6) is 0.909. The average molecular weight is 605 g/mol. The first-order valence-electron chi connectivity index (χ1n) is 16.5. The summed E-state index contributed by atoms with van der Waals surface area (Å²) in [5, 5.41) is 16.8. The zero-order chi connectivity index (χ0) is 30.1. The summed E-state index contributed by atoms with van der Waals surface area (Å²) >= 11 is 0. The molecule has 2 saturated heterocycles. The smallest absolute Gasteiger partial charge is 0.216 e. The molecule has 8 nitrogen and oxygen atoms in total. The van der Waals surface area contributed by atoms with Gasteiger partial charge in [0.15, 0.2) is 0 Å². The van der Waals surface area contributed by atoms with Crippen LogP contribution < -0.4 is 15.4 Å². The van der Waals surface area contributed by atoms with Crippen molar-refractivity contribution < 1.29 is 18.3 Å². The molecule has 0 aromatic heterocycles. The molecule has 5 rings (SSSR count). The van der Waals surface area contributed by atoms with Crippen molar-refractivity contribution in [2.24, 2.45) is 17.3 Å². The van der Waals surface area contributed by atoms with E-state index < -0.39 is 16.3 Å². The fourth-order valence-corrected chi connectivity index (χ4v) is 9.75. The zero-order valence-corrected chi connectivity index (χ0v) is 27.4. The van der Waals surface area contributed by atoms with Crippen LogP contribution in [-0.4, -0.2) is 68.0 Å². The van der Waals surface area contributed by atoms with Crippen LogP contribution in [0.2, 0.25) is 0 Å². The van der Waals surface area contributed by atoms with Crippen molar-refractivity contribution in [3.05, 3.63) is 34.9 Å². The maximum atomic E-state index is 13.8. The fourth-order valence-electron chi connectivity index (χ4n) is 8.09. The lowest BCUT2D eigenvalue weighted by Crippen LogP contribution is -2.64. The molecule has 4 aliphatic rings. The van der Waals surface area contributed by atoms with Crippen LogP contribution in [0, 0.1) is 31.1 Å². The Morgan fingerprint density at radius 3 is 2.40 bits per heavy atom. The van der Waals surface area contributed by atoms with Gasteiger partial charge in [-0.25, -0.2) is 8.42 Å². The quantitative estimate of drug-likeness (QED) is 0.395. The van der Waals surface area contributed by atoms with E-state index in [0.29, 0.717) is 31.3 Å². The Morgan fingerprint density at radius 1 is 1.00 bits per heavy atom. The molecule has 0 radical (unpaired) electrons. The normalized spacial score (nSPS) is 36.8. The number of aliphatic hydroxyl groups is 1. The highest BCUT2D eigenvalue weighted by atomic mass is 32.2.